The zero-order chi connectivity index (χ0) is 19.1. The summed E-state index contributed by atoms with van der Waals surface area (Å²) in [6, 6.07) is 6.39. The third kappa shape index (κ3) is 6.23. The number of amides is 1. The van der Waals surface area contributed by atoms with Gasteiger partial charge in [-0.2, -0.15) is 0 Å². The van der Waals surface area contributed by atoms with E-state index in [1.165, 1.54) is 5.56 Å². The first-order valence-corrected chi connectivity index (χ1v) is 9.86. The van der Waals surface area contributed by atoms with E-state index in [-0.39, 0.29) is 11.8 Å². The van der Waals surface area contributed by atoms with E-state index in [1.807, 2.05) is 24.1 Å². The molecule has 1 aliphatic carbocycles. The van der Waals surface area contributed by atoms with Crippen molar-refractivity contribution in [3.8, 4) is 0 Å². The van der Waals surface area contributed by atoms with Gasteiger partial charge in [0.05, 0.1) is 12.5 Å². The molecular weight excluding hydrogens is 350 g/mol. The summed E-state index contributed by atoms with van der Waals surface area (Å²) < 4.78 is 5.16. The minimum atomic E-state index is -0.0638. The maximum atomic E-state index is 13.2. The van der Waals surface area contributed by atoms with Gasteiger partial charge in [0.25, 0.3) is 0 Å². The van der Waals surface area contributed by atoms with Gasteiger partial charge in [0.2, 0.25) is 5.91 Å². The molecule has 0 bridgehead atoms. The summed E-state index contributed by atoms with van der Waals surface area (Å²) in [5.41, 5.74) is 2.19. The Balaban J connectivity index is 2.15. The molecule has 1 amide bonds. The van der Waals surface area contributed by atoms with Crippen LogP contribution < -0.4 is 5.84 Å². The van der Waals surface area contributed by atoms with Crippen molar-refractivity contribution in [3.63, 3.8) is 0 Å². The molecule has 0 unspecified atom stereocenters. The lowest BCUT2D eigenvalue weighted by molar-refractivity contribution is -0.137. The molecule has 0 saturated heterocycles. The van der Waals surface area contributed by atoms with Crippen LogP contribution in [0.4, 0.5) is 0 Å². The molecule has 0 aromatic heterocycles. The lowest BCUT2D eigenvalue weighted by Crippen LogP contribution is -2.43. The van der Waals surface area contributed by atoms with Gasteiger partial charge in [0, 0.05) is 38.3 Å². The fourth-order valence-electron chi connectivity index (χ4n) is 3.30. The maximum Gasteiger partial charge on any atom is 0.227 e. The number of nitrogens with two attached hydrogens (primary N) is 1. The molecule has 1 saturated carbocycles. The van der Waals surface area contributed by atoms with Crippen LogP contribution in [-0.2, 0) is 22.5 Å². The van der Waals surface area contributed by atoms with Gasteiger partial charge in [-0.3, -0.25) is 10.6 Å². The smallest absolute Gasteiger partial charge is 0.227 e. The summed E-state index contributed by atoms with van der Waals surface area (Å²) in [6.07, 6.45) is 4.81. The summed E-state index contributed by atoms with van der Waals surface area (Å²) in [4.78, 5) is 15.2. The molecule has 0 aliphatic heterocycles. The van der Waals surface area contributed by atoms with Crippen molar-refractivity contribution in [3.05, 3.63) is 34.3 Å². The van der Waals surface area contributed by atoms with Crippen molar-refractivity contribution in [1.82, 2.24) is 9.91 Å². The van der Waals surface area contributed by atoms with E-state index in [0.717, 1.165) is 37.7 Å². The molecule has 5 nitrogen and oxygen atoms in total. The Labute approximate surface area is 162 Å². The van der Waals surface area contributed by atoms with Crippen molar-refractivity contribution < 1.29 is 9.53 Å². The highest BCUT2D eigenvalue weighted by atomic mass is 35.5. The third-order valence-corrected chi connectivity index (χ3v) is 5.18. The predicted octanol–water partition coefficient (Wildman–Crippen LogP) is 3.24. The van der Waals surface area contributed by atoms with E-state index in [1.54, 1.807) is 12.1 Å². The van der Waals surface area contributed by atoms with Crippen LogP contribution in [0.5, 0.6) is 0 Å². The van der Waals surface area contributed by atoms with Crippen LogP contribution in [0.15, 0.2) is 18.2 Å². The molecule has 1 aromatic rings. The largest absolute Gasteiger partial charge is 0.384 e. The second kappa shape index (κ2) is 10.3. The van der Waals surface area contributed by atoms with Gasteiger partial charge in [0.1, 0.15) is 0 Å². The lowest BCUT2D eigenvalue weighted by Gasteiger charge is -2.29. The molecule has 6 heteroatoms. The van der Waals surface area contributed by atoms with Gasteiger partial charge >= 0.3 is 0 Å². The SMILES string of the molecule is CCC[C@H](CN(C)N)C(=O)N(Cc1cc(CCOC)ccc1Cl)C1CC1. The minimum absolute atomic E-state index is 0.0638. The van der Waals surface area contributed by atoms with Crippen LogP contribution in [-0.4, -0.2) is 49.2 Å². The molecule has 2 N–H and O–H groups in total. The Kier molecular flexibility index (Phi) is 8.35. The molecule has 146 valence electrons. The Morgan fingerprint density at radius 3 is 2.73 bits per heavy atom. The number of carbonyl (C=O) groups is 1. The maximum absolute atomic E-state index is 13.2. The first kappa shape index (κ1) is 21.2. The van der Waals surface area contributed by atoms with Crippen molar-refractivity contribution in [2.24, 2.45) is 11.8 Å². The normalized spacial score (nSPS) is 15.3. The van der Waals surface area contributed by atoms with E-state index >= 15 is 0 Å². The highest BCUT2D eigenvalue weighted by molar-refractivity contribution is 6.31. The van der Waals surface area contributed by atoms with Gasteiger partial charge in [-0.1, -0.05) is 37.1 Å². The van der Waals surface area contributed by atoms with Gasteiger partial charge in [-0.25, -0.2) is 5.01 Å². The lowest BCUT2D eigenvalue weighted by atomic mass is 10.0. The van der Waals surface area contributed by atoms with Gasteiger partial charge < -0.3 is 9.64 Å². The summed E-state index contributed by atoms with van der Waals surface area (Å²) in [6.45, 7) is 3.93. The van der Waals surface area contributed by atoms with Crippen LogP contribution in [0.1, 0.15) is 43.7 Å². The molecule has 1 fully saturated rings. The molecule has 1 aromatic carbocycles. The zero-order valence-corrected chi connectivity index (χ0v) is 17.0. The number of methoxy groups -OCH3 is 1. The summed E-state index contributed by atoms with van der Waals surface area (Å²) in [7, 11) is 3.51. The Bertz CT molecular complexity index is 590. The number of nitrogens with zero attached hydrogens (tertiary/aromatic N) is 2. The number of rotatable bonds is 11. The molecular formula is C20H32ClN3O2. The topological polar surface area (TPSA) is 58.8 Å². The average Bonchev–Trinajstić information content (AvgIpc) is 3.43. The van der Waals surface area contributed by atoms with Crippen molar-refractivity contribution in [1.29, 1.82) is 0 Å². The highest BCUT2D eigenvalue weighted by Gasteiger charge is 2.36. The van der Waals surface area contributed by atoms with Gasteiger partial charge in [-0.05, 0) is 42.9 Å². The molecule has 26 heavy (non-hydrogen) atoms. The average molecular weight is 382 g/mol. The van der Waals surface area contributed by atoms with Gasteiger partial charge in [0.15, 0.2) is 0 Å². The number of hydrogen-bond donors (Lipinski definition) is 1. The molecule has 2 rings (SSSR count). The van der Waals surface area contributed by atoms with Crippen LogP contribution in [0.25, 0.3) is 0 Å². The number of hydrogen-bond acceptors (Lipinski definition) is 4. The highest BCUT2D eigenvalue weighted by Crippen LogP contribution is 2.32. The molecule has 1 atom stereocenters. The van der Waals surface area contributed by atoms with E-state index in [0.29, 0.717) is 30.8 Å². The zero-order valence-electron chi connectivity index (χ0n) is 16.2. The Hall–Kier alpha value is -1.14. The van der Waals surface area contributed by atoms with E-state index < -0.39 is 0 Å². The van der Waals surface area contributed by atoms with Crippen molar-refractivity contribution in [2.75, 3.05) is 27.3 Å². The quantitative estimate of drug-likeness (QED) is 0.472. The fourth-order valence-corrected chi connectivity index (χ4v) is 3.48. The standard InChI is InChI=1S/C20H32ClN3O2/c1-4-5-16(13-23(2)22)20(25)24(18-7-8-18)14-17-12-15(10-11-26-3)6-9-19(17)21/h6,9,12,16,18H,4-5,7-8,10-11,13-14,22H2,1-3H3/t16-/m1/s1. The second-order valence-corrected chi connectivity index (χ2v) is 7.70. The number of ether oxygens (including phenoxy) is 1. The van der Waals surface area contributed by atoms with Gasteiger partial charge in [-0.15, -0.1) is 0 Å². The van der Waals surface area contributed by atoms with E-state index in [4.69, 9.17) is 22.2 Å². The van der Waals surface area contributed by atoms with Crippen LogP contribution in [0.3, 0.4) is 0 Å². The Morgan fingerprint density at radius 2 is 2.15 bits per heavy atom. The van der Waals surface area contributed by atoms with Crippen LogP contribution in [0.2, 0.25) is 5.02 Å². The van der Waals surface area contributed by atoms with Crippen molar-refractivity contribution in [2.45, 2.75) is 51.6 Å². The van der Waals surface area contributed by atoms with E-state index in [2.05, 4.69) is 13.0 Å². The Morgan fingerprint density at radius 1 is 1.42 bits per heavy atom. The van der Waals surface area contributed by atoms with Crippen LogP contribution >= 0.6 is 11.6 Å². The van der Waals surface area contributed by atoms with Crippen molar-refractivity contribution >= 4 is 17.5 Å². The fraction of sp³-hybridized carbons (Fsp3) is 0.650. The molecule has 0 spiro atoms. The second-order valence-electron chi connectivity index (χ2n) is 7.29. The predicted molar refractivity (Wildman–Crippen MR) is 106 cm³/mol. The number of carbonyl (C=O) groups excluding carboxylic acids is 1. The first-order chi connectivity index (χ1) is 12.5. The van der Waals surface area contributed by atoms with Crippen LogP contribution in [0, 0.1) is 5.92 Å². The number of hydrazine groups is 1. The monoisotopic (exact) mass is 381 g/mol. The molecule has 0 heterocycles. The number of halogens is 1. The minimum Gasteiger partial charge on any atom is -0.384 e. The third-order valence-electron chi connectivity index (χ3n) is 4.81. The number of benzene rings is 1. The van der Waals surface area contributed by atoms with E-state index in [9.17, 15) is 4.79 Å². The first-order valence-electron chi connectivity index (χ1n) is 9.48. The molecule has 1 aliphatic rings. The summed E-state index contributed by atoms with van der Waals surface area (Å²) >= 11 is 6.43. The molecule has 0 radical (unpaired) electrons. The summed E-state index contributed by atoms with van der Waals surface area (Å²) in [5, 5.41) is 2.33. The summed E-state index contributed by atoms with van der Waals surface area (Å²) in [5.74, 6) is 5.96.